The molecule has 0 saturated carbocycles. The van der Waals surface area contributed by atoms with Crippen molar-refractivity contribution >= 4 is 11.3 Å². The molecule has 0 N–H and O–H groups in total. The van der Waals surface area contributed by atoms with Gasteiger partial charge in [-0.05, 0) is 6.92 Å². The van der Waals surface area contributed by atoms with Crippen LogP contribution in [0.3, 0.4) is 0 Å². The maximum Gasteiger partial charge on any atom is 0.148 e. The van der Waals surface area contributed by atoms with Gasteiger partial charge in [-0.3, -0.25) is 4.21 Å². The lowest BCUT2D eigenvalue weighted by atomic mass is 10.7. The second kappa shape index (κ2) is 3.88. The fourth-order valence-corrected chi connectivity index (χ4v) is 0.559. The molecule has 0 fully saturated rings. The molecule has 0 aromatic carbocycles. The van der Waals surface area contributed by atoms with E-state index in [9.17, 15) is 8.76 Å². The van der Waals surface area contributed by atoms with Crippen LogP contribution in [0.5, 0.6) is 0 Å². The highest BCUT2D eigenvalue weighted by atomic mass is 32.2. The normalized spacial score (nSPS) is 14.4. The summed E-state index contributed by atoms with van der Waals surface area (Å²) in [6.45, 7) is 7.24. The highest BCUT2D eigenvalue weighted by molar-refractivity contribution is 7.76. The van der Waals surface area contributed by atoms with Crippen molar-refractivity contribution < 1.29 is 8.76 Å². The first-order valence-electron chi connectivity index (χ1n) is 2.15. The molecule has 0 aromatic rings. The Balaban J connectivity index is 3.52. The van der Waals surface area contributed by atoms with Gasteiger partial charge in [0.15, 0.2) is 0 Å². The second-order valence-corrected chi connectivity index (χ2v) is 2.10. The zero-order chi connectivity index (χ0) is 6.57. The number of hydrogen-bond donors (Lipinski definition) is 0. The third-order valence-electron chi connectivity index (χ3n) is 0.710. The van der Waals surface area contributed by atoms with Crippen LogP contribution >= 0.6 is 0 Å². The van der Waals surface area contributed by atoms with Gasteiger partial charge in [0.2, 0.25) is 0 Å². The van der Waals surface area contributed by atoms with Crippen LogP contribution in [0.2, 0.25) is 0 Å². The van der Waals surface area contributed by atoms with Crippen molar-refractivity contribution in [2.75, 3.05) is 13.1 Å². The molecule has 0 heterocycles. The van der Waals surface area contributed by atoms with Crippen molar-refractivity contribution in [1.29, 1.82) is 0 Å². The van der Waals surface area contributed by atoms with Crippen LogP contribution in [0.15, 0.2) is 0 Å². The Hall–Kier alpha value is -0.0600. The van der Waals surface area contributed by atoms with E-state index in [1.54, 1.807) is 0 Å². The largest absolute Gasteiger partial charge is 0.759 e. The van der Waals surface area contributed by atoms with Crippen LogP contribution in [0.1, 0.15) is 0 Å². The van der Waals surface area contributed by atoms with Gasteiger partial charge < -0.3 is 4.55 Å². The molecule has 0 aliphatic heterocycles. The average molecular weight is 134 g/mol. The van der Waals surface area contributed by atoms with Gasteiger partial charge in [-0.15, -0.1) is 0 Å². The highest BCUT2D eigenvalue weighted by Gasteiger charge is 1.98. The summed E-state index contributed by atoms with van der Waals surface area (Å²) in [6.07, 6.45) is 0. The summed E-state index contributed by atoms with van der Waals surface area (Å²) in [7, 11) is 0. The first-order valence-corrected chi connectivity index (χ1v) is 3.18. The molecule has 0 aromatic heterocycles. The van der Waals surface area contributed by atoms with Crippen molar-refractivity contribution in [3.05, 3.63) is 13.8 Å². The molecular formula is C4H8NO2S. The van der Waals surface area contributed by atoms with E-state index in [1.165, 1.54) is 0 Å². The molecule has 1 unspecified atom stereocenters. The molecule has 1 radical (unpaired) electrons. The number of rotatable bonds is 3. The Morgan fingerprint density at radius 2 is 2.38 bits per heavy atom. The zero-order valence-electron chi connectivity index (χ0n) is 4.50. The van der Waals surface area contributed by atoms with E-state index < -0.39 is 11.3 Å². The SMILES string of the molecule is [CH2]CN(C[CH2+])S(=O)[O-]. The topological polar surface area (TPSA) is 43.4 Å². The molecule has 0 amide bonds. The van der Waals surface area contributed by atoms with Crippen LogP contribution in [0, 0.1) is 13.8 Å². The van der Waals surface area contributed by atoms with E-state index in [0.717, 1.165) is 4.31 Å². The van der Waals surface area contributed by atoms with Crippen molar-refractivity contribution in [2.45, 2.75) is 0 Å². The first kappa shape index (κ1) is 7.94. The van der Waals surface area contributed by atoms with E-state index in [-0.39, 0.29) is 13.1 Å². The Labute approximate surface area is 52.1 Å². The summed E-state index contributed by atoms with van der Waals surface area (Å²) >= 11 is -2.15. The molecule has 47 valence electrons. The lowest BCUT2D eigenvalue weighted by molar-refractivity contribution is 0.434. The fraction of sp³-hybridized carbons (Fsp3) is 0.500. The standard InChI is InChI=1S/C4H8NO2S/c1-3-5(4-2)8(6)7/h1-4H2. The fourth-order valence-electron chi connectivity index (χ4n) is 0.261. The predicted molar refractivity (Wildman–Crippen MR) is 31.2 cm³/mol. The molecule has 0 saturated heterocycles. The van der Waals surface area contributed by atoms with Gasteiger partial charge in [0.1, 0.15) is 6.54 Å². The van der Waals surface area contributed by atoms with Crippen molar-refractivity contribution in [3.8, 4) is 0 Å². The van der Waals surface area contributed by atoms with Gasteiger partial charge in [-0.1, -0.05) is 0 Å². The van der Waals surface area contributed by atoms with Crippen LogP contribution in [0.25, 0.3) is 0 Å². The third-order valence-corrected chi connectivity index (χ3v) is 1.50. The predicted octanol–water partition coefficient (Wildman–Crippen LogP) is -0.249. The quantitative estimate of drug-likeness (QED) is 0.394. The van der Waals surface area contributed by atoms with Crippen molar-refractivity contribution in [1.82, 2.24) is 4.31 Å². The van der Waals surface area contributed by atoms with Gasteiger partial charge in [0, 0.05) is 17.8 Å². The summed E-state index contributed by atoms with van der Waals surface area (Å²) in [5.41, 5.74) is 0. The summed E-state index contributed by atoms with van der Waals surface area (Å²) in [4.78, 5) is 0. The smallest absolute Gasteiger partial charge is 0.148 e. The molecule has 0 bridgehead atoms. The lowest BCUT2D eigenvalue weighted by Gasteiger charge is -2.15. The highest BCUT2D eigenvalue weighted by Crippen LogP contribution is 1.86. The Kier molecular flexibility index (Phi) is 3.85. The third kappa shape index (κ3) is 2.30. The molecule has 0 aliphatic carbocycles. The molecule has 0 spiro atoms. The summed E-state index contributed by atoms with van der Waals surface area (Å²) in [5, 5.41) is 0. The number of nitrogens with zero attached hydrogens (tertiary/aromatic N) is 1. The van der Waals surface area contributed by atoms with Gasteiger partial charge in [0.05, 0.1) is 6.92 Å². The Morgan fingerprint density at radius 3 is 2.38 bits per heavy atom. The molecule has 4 heteroatoms. The van der Waals surface area contributed by atoms with E-state index in [0.29, 0.717) is 0 Å². The zero-order valence-corrected chi connectivity index (χ0v) is 5.32. The van der Waals surface area contributed by atoms with Gasteiger partial charge >= 0.3 is 0 Å². The van der Waals surface area contributed by atoms with E-state index in [2.05, 4.69) is 13.8 Å². The molecular weight excluding hydrogens is 126 g/mol. The second-order valence-electron chi connectivity index (χ2n) is 1.15. The minimum Gasteiger partial charge on any atom is -0.759 e. The molecule has 1 atom stereocenters. The van der Waals surface area contributed by atoms with Crippen LogP contribution < -0.4 is 0 Å². The summed E-state index contributed by atoms with van der Waals surface area (Å²) < 4.78 is 21.1. The Bertz CT molecular complexity index is 82.1. The Morgan fingerprint density at radius 1 is 1.88 bits per heavy atom. The van der Waals surface area contributed by atoms with Crippen LogP contribution in [-0.4, -0.2) is 26.2 Å². The monoisotopic (exact) mass is 134 g/mol. The summed E-state index contributed by atoms with van der Waals surface area (Å²) in [5.74, 6) is 0. The van der Waals surface area contributed by atoms with Crippen molar-refractivity contribution in [3.63, 3.8) is 0 Å². The average Bonchev–Trinajstić information content (AvgIpc) is 1.69. The van der Waals surface area contributed by atoms with Gasteiger partial charge in [-0.2, -0.15) is 4.31 Å². The molecule has 0 aliphatic rings. The minimum absolute atomic E-state index is 0.250. The first-order chi connectivity index (χ1) is 3.72. The van der Waals surface area contributed by atoms with Crippen LogP contribution in [0.4, 0.5) is 0 Å². The molecule has 0 rings (SSSR count). The lowest BCUT2D eigenvalue weighted by Crippen LogP contribution is -2.24. The van der Waals surface area contributed by atoms with E-state index in [4.69, 9.17) is 0 Å². The van der Waals surface area contributed by atoms with E-state index in [1.807, 2.05) is 0 Å². The van der Waals surface area contributed by atoms with E-state index >= 15 is 0 Å². The minimum atomic E-state index is -2.15. The maximum atomic E-state index is 10.0. The maximum absolute atomic E-state index is 10.0. The summed E-state index contributed by atoms with van der Waals surface area (Å²) in [6, 6.07) is 0. The van der Waals surface area contributed by atoms with Crippen molar-refractivity contribution in [2.24, 2.45) is 0 Å². The molecule has 8 heavy (non-hydrogen) atoms. The molecule has 3 nitrogen and oxygen atoms in total. The van der Waals surface area contributed by atoms with Gasteiger partial charge in [-0.25, -0.2) is 0 Å². The van der Waals surface area contributed by atoms with Crippen LogP contribution in [-0.2, 0) is 11.3 Å². The van der Waals surface area contributed by atoms with Gasteiger partial charge in [0.25, 0.3) is 0 Å². The number of hydrogen-bond acceptors (Lipinski definition) is 2.